The van der Waals surface area contributed by atoms with E-state index in [1.165, 1.54) is 0 Å². The summed E-state index contributed by atoms with van der Waals surface area (Å²) < 4.78 is 0.143. The molecule has 0 fully saturated rings. The van der Waals surface area contributed by atoms with Gasteiger partial charge in [-0.1, -0.05) is 0 Å². The summed E-state index contributed by atoms with van der Waals surface area (Å²) in [6.07, 6.45) is 1.41. The van der Waals surface area contributed by atoms with E-state index >= 15 is 0 Å². The lowest BCUT2D eigenvalue weighted by atomic mass is 10.2. The Balaban J connectivity index is 3.35. The van der Waals surface area contributed by atoms with Gasteiger partial charge < -0.3 is 15.1 Å². The number of rotatable bonds is 2. The van der Waals surface area contributed by atoms with Gasteiger partial charge in [-0.3, -0.25) is 10.1 Å². The summed E-state index contributed by atoms with van der Waals surface area (Å²) in [5.74, 6) is -1.69. The van der Waals surface area contributed by atoms with Crippen LogP contribution in [0, 0.1) is 15.3 Å². The summed E-state index contributed by atoms with van der Waals surface area (Å²) in [4.78, 5) is 19.6. The van der Waals surface area contributed by atoms with Crippen LogP contribution >= 0.6 is 0 Å². The molecule has 7 heteroatoms. The van der Waals surface area contributed by atoms with Crippen LogP contribution in [-0.4, -0.2) is 10.9 Å². The van der Waals surface area contributed by atoms with Crippen LogP contribution < -0.4 is 9.84 Å². The first kappa shape index (κ1) is 8.91. The average molecular weight is 183 g/mol. The van der Waals surface area contributed by atoms with Crippen molar-refractivity contribution in [3.8, 4) is 0 Å². The number of carbonyl (C=O) groups excluding carboxylic acids is 1. The third kappa shape index (κ3) is 1.70. The van der Waals surface area contributed by atoms with E-state index in [-0.39, 0.29) is 4.73 Å². The van der Waals surface area contributed by atoms with Gasteiger partial charge in [-0.2, -0.15) is 4.73 Å². The summed E-state index contributed by atoms with van der Waals surface area (Å²) in [6.45, 7) is 0. The Morgan fingerprint density at radius 3 is 2.62 bits per heavy atom. The van der Waals surface area contributed by atoms with E-state index in [2.05, 4.69) is 0 Å². The maximum Gasteiger partial charge on any atom is 0.342 e. The molecule has 0 radical (unpaired) electrons. The van der Waals surface area contributed by atoms with E-state index in [9.17, 15) is 25.2 Å². The molecule has 0 aromatic carbocycles. The van der Waals surface area contributed by atoms with Crippen LogP contribution in [0.2, 0.25) is 0 Å². The fourth-order valence-corrected chi connectivity index (χ4v) is 0.785. The van der Waals surface area contributed by atoms with Crippen LogP contribution in [0.5, 0.6) is 0 Å². The maximum absolute atomic E-state index is 10.6. The Labute approximate surface area is 71.6 Å². The third-order valence-corrected chi connectivity index (χ3v) is 1.33. The van der Waals surface area contributed by atoms with Gasteiger partial charge in [0.25, 0.3) is 6.20 Å². The molecule has 0 saturated carbocycles. The van der Waals surface area contributed by atoms with E-state index in [1.807, 2.05) is 0 Å². The minimum absolute atomic E-state index is 0.143. The van der Waals surface area contributed by atoms with Crippen molar-refractivity contribution >= 4 is 11.7 Å². The van der Waals surface area contributed by atoms with Gasteiger partial charge in [0, 0.05) is 6.07 Å². The van der Waals surface area contributed by atoms with Crippen molar-refractivity contribution in [1.82, 2.24) is 0 Å². The SMILES string of the molecule is O=C([O-])c1cc[n+]([O-])cc1[N+](=O)[O-]. The first-order chi connectivity index (χ1) is 6.02. The second-order valence-electron chi connectivity index (χ2n) is 2.15. The summed E-state index contributed by atoms with van der Waals surface area (Å²) in [7, 11) is 0. The fourth-order valence-electron chi connectivity index (χ4n) is 0.785. The summed E-state index contributed by atoms with van der Waals surface area (Å²) in [5.41, 5.74) is -1.39. The highest BCUT2D eigenvalue weighted by Gasteiger charge is 2.18. The van der Waals surface area contributed by atoms with Crippen LogP contribution in [0.3, 0.4) is 0 Å². The monoisotopic (exact) mass is 183 g/mol. The molecule has 1 heterocycles. The number of carboxylic acids is 1. The summed E-state index contributed by atoms with van der Waals surface area (Å²) in [6, 6.07) is 0.820. The molecule has 0 N–H and O–H groups in total. The molecule has 1 aromatic heterocycles. The number of hydrogen-bond donors (Lipinski definition) is 0. The number of aromatic carboxylic acids is 1. The maximum atomic E-state index is 10.6. The van der Waals surface area contributed by atoms with Gasteiger partial charge in [-0.15, -0.1) is 0 Å². The van der Waals surface area contributed by atoms with Crippen molar-refractivity contribution in [2.24, 2.45) is 0 Å². The molecule has 0 amide bonds. The average Bonchev–Trinajstić information content (AvgIpc) is 2.03. The quantitative estimate of drug-likeness (QED) is 0.242. The van der Waals surface area contributed by atoms with E-state index < -0.39 is 22.1 Å². The Bertz CT molecular complexity index is 375. The molecule has 7 nitrogen and oxygen atoms in total. The molecule has 0 saturated heterocycles. The number of nitro groups is 1. The summed E-state index contributed by atoms with van der Waals surface area (Å²) in [5, 5.41) is 31.1. The standard InChI is InChI=1S/C6H4N2O5/c9-6(10)4-1-2-7(11)3-5(4)8(12)13/h1-3H,(H,9,10)/p-1. The number of aromatic nitrogens is 1. The van der Waals surface area contributed by atoms with Crippen molar-refractivity contribution in [2.75, 3.05) is 0 Å². The van der Waals surface area contributed by atoms with E-state index in [1.54, 1.807) is 0 Å². The molecular formula is C6H3N2O5-. The number of carbonyl (C=O) groups is 1. The van der Waals surface area contributed by atoms with E-state index in [0.717, 1.165) is 12.3 Å². The molecule has 0 aliphatic rings. The molecule has 13 heavy (non-hydrogen) atoms. The molecule has 68 valence electrons. The fraction of sp³-hybridized carbons (Fsp3) is 0. The zero-order valence-corrected chi connectivity index (χ0v) is 6.17. The number of nitrogens with zero attached hydrogens (tertiary/aromatic N) is 2. The highest BCUT2D eigenvalue weighted by molar-refractivity contribution is 5.90. The first-order valence-electron chi connectivity index (χ1n) is 3.11. The van der Waals surface area contributed by atoms with Crippen LogP contribution in [-0.2, 0) is 0 Å². The van der Waals surface area contributed by atoms with Crippen molar-refractivity contribution in [2.45, 2.75) is 0 Å². The Morgan fingerprint density at radius 1 is 1.54 bits per heavy atom. The molecule has 0 aliphatic carbocycles. The van der Waals surface area contributed by atoms with Crippen LogP contribution in [0.15, 0.2) is 18.5 Å². The minimum atomic E-state index is -1.69. The Morgan fingerprint density at radius 2 is 2.15 bits per heavy atom. The number of hydrogen-bond acceptors (Lipinski definition) is 5. The van der Waals surface area contributed by atoms with Crippen molar-refractivity contribution in [3.05, 3.63) is 39.3 Å². The van der Waals surface area contributed by atoms with Crippen molar-refractivity contribution < 1.29 is 19.6 Å². The van der Waals surface area contributed by atoms with Crippen LogP contribution in [0.4, 0.5) is 5.69 Å². The Kier molecular flexibility index (Phi) is 2.09. The lowest BCUT2D eigenvalue weighted by molar-refractivity contribution is -0.609. The molecule has 0 spiro atoms. The minimum Gasteiger partial charge on any atom is -0.619 e. The molecule has 0 atom stereocenters. The van der Waals surface area contributed by atoms with Gasteiger partial charge in [-0.05, 0) is 0 Å². The van der Waals surface area contributed by atoms with E-state index in [4.69, 9.17) is 0 Å². The predicted octanol–water partition coefficient (Wildman–Crippen LogP) is -1.41. The normalized spacial score (nSPS) is 9.54. The van der Waals surface area contributed by atoms with Gasteiger partial charge in [0.2, 0.25) is 0 Å². The lowest BCUT2D eigenvalue weighted by Crippen LogP contribution is -2.29. The third-order valence-electron chi connectivity index (χ3n) is 1.33. The number of pyridine rings is 1. The molecular weight excluding hydrogens is 180 g/mol. The van der Waals surface area contributed by atoms with Crippen LogP contribution in [0.1, 0.15) is 10.4 Å². The molecule has 0 aliphatic heterocycles. The predicted molar refractivity (Wildman–Crippen MR) is 36.4 cm³/mol. The first-order valence-corrected chi connectivity index (χ1v) is 3.11. The highest BCUT2D eigenvalue weighted by Crippen LogP contribution is 2.13. The summed E-state index contributed by atoms with van der Waals surface area (Å²) >= 11 is 0. The smallest absolute Gasteiger partial charge is 0.342 e. The zero-order chi connectivity index (χ0) is 10.0. The molecule has 0 unspecified atom stereocenters. The van der Waals surface area contributed by atoms with Crippen molar-refractivity contribution in [1.29, 1.82) is 0 Å². The van der Waals surface area contributed by atoms with Gasteiger partial charge in [-0.25, -0.2) is 0 Å². The van der Waals surface area contributed by atoms with Gasteiger partial charge in [0.05, 0.1) is 16.5 Å². The molecule has 0 bridgehead atoms. The zero-order valence-electron chi connectivity index (χ0n) is 6.17. The Hall–Kier alpha value is -2.18. The molecule has 1 rings (SSSR count). The van der Waals surface area contributed by atoms with Gasteiger partial charge >= 0.3 is 5.69 Å². The lowest BCUT2D eigenvalue weighted by Gasteiger charge is -2.02. The van der Waals surface area contributed by atoms with Gasteiger partial charge in [0.15, 0.2) is 6.20 Å². The topological polar surface area (TPSA) is 110 Å². The highest BCUT2D eigenvalue weighted by atomic mass is 16.6. The van der Waals surface area contributed by atoms with Gasteiger partial charge in [0.1, 0.15) is 0 Å². The van der Waals surface area contributed by atoms with Crippen LogP contribution in [0.25, 0.3) is 0 Å². The molecule has 1 aromatic rings. The van der Waals surface area contributed by atoms with E-state index in [0.29, 0.717) is 6.20 Å². The largest absolute Gasteiger partial charge is 0.619 e. The number of carboxylic acid groups (broad SMARTS) is 1. The van der Waals surface area contributed by atoms with Crippen molar-refractivity contribution in [3.63, 3.8) is 0 Å². The second kappa shape index (κ2) is 3.05. The second-order valence-corrected chi connectivity index (χ2v) is 2.15.